The Bertz CT molecular complexity index is 933. The number of nitrogens with one attached hydrogen (secondary N) is 1. The highest BCUT2D eigenvalue weighted by atomic mass is 32.1. The largest absolute Gasteiger partial charge is 0.416 e. The van der Waals surface area contributed by atoms with Gasteiger partial charge in [-0.1, -0.05) is 12.1 Å². The van der Waals surface area contributed by atoms with Gasteiger partial charge in [0.05, 0.1) is 17.9 Å². The lowest BCUT2D eigenvalue weighted by Gasteiger charge is -2.11. The number of aromatic nitrogens is 2. The van der Waals surface area contributed by atoms with E-state index in [0.717, 1.165) is 12.1 Å². The lowest BCUT2D eigenvalue weighted by atomic mass is 10.1. The number of alkyl halides is 3. The molecule has 0 aliphatic rings. The molecule has 1 amide bonds. The Kier molecular flexibility index (Phi) is 5.01. The van der Waals surface area contributed by atoms with Crippen LogP contribution in [-0.4, -0.2) is 35.1 Å². The molecular formula is C17H16F3N3O2S. The van der Waals surface area contributed by atoms with Gasteiger partial charge in [-0.05, 0) is 19.1 Å². The molecule has 1 aromatic carbocycles. The maximum Gasteiger partial charge on any atom is 0.416 e. The number of fused-ring (bicyclic) bond motifs is 1. The molecule has 1 atom stereocenters. The molecule has 0 fully saturated rings. The number of hydrogen-bond acceptors (Lipinski definition) is 4. The monoisotopic (exact) mass is 383 g/mol. The second-order valence-electron chi connectivity index (χ2n) is 5.81. The predicted octanol–water partition coefficient (Wildman–Crippen LogP) is 3.85. The predicted molar refractivity (Wildman–Crippen MR) is 92.3 cm³/mol. The molecule has 0 aliphatic carbocycles. The fourth-order valence-electron chi connectivity index (χ4n) is 2.53. The minimum absolute atomic E-state index is 0.172. The van der Waals surface area contributed by atoms with E-state index >= 15 is 0 Å². The molecule has 0 saturated carbocycles. The number of carbonyl (C=O) groups excluding carboxylic acids is 1. The van der Waals surface area contributed by atoms with Gasteiger partial charge in [0.15, 0.2) is 4.96 Å². The molecule has 26 heavy (non-hydrogen) atoms. The highest BCUT2D eigenvalue weighted by Gasteiger charge is 2.30. The van der Waals surface area contributed by atoms with Crippen molar-refractivity contribution in [3.05, 3.63) is 47.1 Å². The Morgan fingerprint density at radius 1 is 1.42 bits per heavy atom. The van der Waals surface area contributed by atoms with E-state index in [2.05, 4.69) is 10.3 Å². The molecule has 9 heteroatoms. The van der Waals surface area contributed by atoms with Crippen molar-refractivity contribution in [2.24, 2.45) is 0 Å². The van der Waals surface area contributed by atoms with Gasteiger partial charge in [0.1, 0.15) is 5.69 Å². The van der Waals surface area contributed by atoms with E-state index in [0.29, 0.717) is 28.5 Å². The second kappa shape index (κ2) is 7.08. The summed E-state index contributed by atoms with van der Waals surface area (Å²) >= 11 is 1.25. The van der Waals surface area contributed by atoms with Crippen LogP contribution >= 0.6 is 11.3 Å². The third kappa shape index (κ3) is 3.73. The van der Waals surface area contributed by atoms with Gasteiger partial charge in [0.2, 0.25) is 0 Å². The van der Waals surface area contributed by atoms with Crippen LogP contribution in [0.25, 0.3) is 16.2 Å². The molecule has 3 rings (SSSR count). The summed E-state index contributed by atoms with van der Waals surface area (Å²) in [6.45, 7) is 2.19. The van der Waals surface area contributed by atoms with Gasteiger partial charge in [0.25, 0.3) is 5.91 Å². The number of hydrogen-bond donors (Lipinski definition) is 1. The zero-order valence-corrected chi connectivity index (χ0v) is 14.8. The Hall–Kier alpha value is -2.39. The maximum absolute atomic E-state index is 12.9. The molecule has 5 nitrogen and oxygen atoms in total. The van der Waals surface area contributed by atoms with E-state index < -0.39 is 11.7 Å². The Balaban J connectivity index is 1.92. The molecule has 0 aliphatic heterocycles. The van der Waals surface area contributed by atoms with Crippen molar-refractivity contribution in [1.82, 2.24) is 14.7 Å². The van der Waals surface area contributed by atoms with Gasteiger partial charge >= 0.3 is 6.18 Å². The fraction of sp³-hybridized carbons (Fsp3) is 0.294. The number of benzene rings is 1. The molecule has 0 bridgehead atoms. The quantitative estimate of drug-likeness (QED) is 0.728. The van der Waals surface area contributed by atoms with Crippen LogP contribution in [0, 0.1) is 0 Å². The minimum atomic E-state index is -4.42. The summed E-state index contributed by atoms with van der Waals surface area (Å²) in [5.74, 6) is -0.297. The summed E-state index contributed by atoms with van der Waals surface area (Å²) in [5, 5.41) is 4.46. The van der Waals surface area contributed by atoms with Gasteiger partial charge in [0, 0.05) is 30.3 Å². The van der Waals surface area contributed by atoms with Gasteiger partial charge in [-0.25, -0.2) is 4.98 Å². The molecule has 3 aromatic rings. The van der Waals surface area contributed by atoms with E-state index in [-0.39, 0.29) is 11.9 Å². The van der Waals surface area contributed by atoms with Gasteiger partial charge in [-0.3, -0.25) is 9.20 Å². The molecule has 138 valence electrons. The number of thiazole rings is 1. The van der Waals surface area contributed by atoms with Crippen LogP contribution in [-0.2, 0) is 10.9 Å². The third-order valence-corrected chi connectivity index (χ3v) is 4.56. The van der Waals surface area contributed by atoms with Crippen molar-refractivity contribution in [3.63, 3.8) is 0 Å². The van der Waals surface area contributed by atoms with Crippen LogP contribution in [0.2, 0.25) is 0 Å². The van der Waals surface area contributed by atoms with E-state index in [1.54, 1.807) is 29.2 Å². The molecule has 0 saturated heterocycles. The van der Waals surface area contributed by atoms with Crippen molar-refractivity contribution < 1.29 is 22.7 Å². The normalized spacial score (nSPS) is 13.1. The standard InChI is InChI=1S/C17H16F3N3O2S/c1-10(8-25-2)21-15(24)14-9-26-16-22-13(7-23(14)16)11-4-3-5-12(6-11)17(18,19)20/h3-7,9-10H,8H2,1-2H3,(H,21,24)/t10-/m0/s1. The van der Waals surface area contributed by atoms with Crippen molar-refractivity contribution in [1.29, 1.82) is 0 Å². The Labute approximate surface area is 151 Å². The SMILES string of the molecule is COC[C@H](C)NC(=O)c1csc2nc(-c3cccc(C(F)(F)F)c3)cn12. The van der Waals surface area contributed by atoms with Gasteiger partial charge in [-0.15, -0.1) is 11.3 Å². The third-order valence-electron chi connectivity index (χ3n) is 3.72. The number of rotatable bonds is 5. The summed E-state index contributed by atoms with van der Waals surface area (Å²) in [5.41, 5.74) is 0.355. The fourth-order valence-corrected chi connectivity index (χ4v) is 3.38. The van der Waals surface area contributed by atoms with Crippen molar-refractivity contribution in [3.8, 4) is 11.3 Å². The number of amides is 1. The topological polar surface area (TPSA) is 55.6 Å². The molecule has 0 unspecified atom stereocenters. The zero-order valence-electron chi connectivity index (χ0n) is 14.0. The minimum Gasteiger partial charge on any atom is -0.383 e. The van der Waals surface area contributed by atoms with Gasteiger partial charge in [-0.2, -0.15) is 13.2 Å². The number of nitrogens with zero attached hydrogens (tertiary/aromatic N) is 2. The number of methoxy groups -OCH3 is 1. The van der Waals surface area contributed by atoms with Crippen molar-refractivity contribution in [2.45, 2.75) is 19.1 Å². The first-order valence-corrected chi connectivity index (χ1v) is 8.61. The Morgan fingerprint density at radius 2 is 2.19 bits per heavy atom. The number of halogens is 3. The lowest BCUT2D eigenvalue weighted by molar-refractivity contribution is -0.137. The first-order valence-electron chi connectivity index (χ1n) is 7.73. The highest BCUT2D eigenvalue weighted by molar-refractivity contribution is 7.15. The molecular weight excluding hydrogens is 367 g/mol. The van der Waals surface area contributed by atoms with Crippen molar-refractivity contribution in [2.75, 3.05) is 13.7 Å². The summed E-state index contributed by atoms with van der Waals surface area (Å²) in [6, 6.07) is 4.78. The molecule has 2 aromatic heterocycles. The van der Waals surface area contributed by atoms with Crippen LogP contribution in [0.4, 0.5) is 13.2 Å². The lowest BCUT2D eigenvalue weighted by Crippen LogP contribution is -2.36. The van der Waals surface area contributed by atoms with E-state index in [4.69, 9.17) is 4.74 Å². The number of carbonyl (C=O) groups is 1. The second-order valence-corrected chi connectivity index (χ2v) is 6.64. The average Bonchev–Trinajstić information content (AvgIpc) is 3.14. The van der Waals surface area contributed by atoms with E-state index in [1.165, 1.54) is 17.4 Å². The molecule has 2 heterocycles. The van der Waals surface area contributed by atoms with E-state index in [1.807, 2.05) is 6.92 Å². The first kappa shape index (κ1) is 18.4. The van der Waals surface area contributed by atoms with E-state index in [9.17, 15) is 18.0 Å². The number of imidazole rings is 1. The van der Waals surface area contributed by atoms with Crippen LogP contribution in [0.3, 0.4) is 0 Å². The Morgan fingerprint density at radius 3 is 2.88 bits per heavy atom. The molecule has 0 spiro atoms. The zero-order chi connectivity index (χ0) is 18.9. The van der Waals surface area contributed by atoms with Crippen molar-refractivity contribution >= 4 is 22.2 Å². The summed E-state index contributed by atoms with van der Waals surface area (Å²) < 4.78 is 45.3. The highest BCUT2D eigenvalue weighted by Crippen LogP contribution is 2.32. The van der Waals surface area contributed by atoms with Crippen LogP contribution < -0.4 is 5.32 Å². The van der Waals surface area contributed by atoms with Crippen LogP contribution in [0.1, 0.15) is 23.0 Å². The van der Waals surface area contributed by atoms with Crippen LogP contribution in [0.5, 0.6) is 0 Å². The summed E-state index contributed by atoms with van der Waals surface area (Å²) in [6.07, 6.45) is -2.85. The smallest absolute Gasteiger partial charge is 0.383 e. The summed E-state index contributed by atoms with van der Waals surface area (Å²) in [4.78, 5) is 17.2. The summed E-state index contributed by atoms with van der Waals surface area (Å²) in [7, 11) is 1.54. The van der Waals surface area contributed by atoms with Crippen LogP contribution in [0.15, 0.2) is 35.8 Å². The molecule has 0 radical (unpaired) electrons. The molecule has 1 N–H and O–H groups in total. The van der Waals surface area contributed by atoms with Gasteiger partial charge < -0.3 is 10.1 Å². The maximum atomic E-state index is 12.9. The average molecular weight is 383 g/mol. The number of ether oxygens (including phenoxy) is 1. The first-order chi connectivity index (χ1) is 12.3.